The van der Waals surface area contributed by atoms with E-state index >= 15 is 0 Å². The minimum absolute atomic E-state index is 0.0975. The third-order valence-corrected chi connectivity index (χ3v) is 7.33. The molecule has 1 fully saturated rings. The Labute approximate surface area is 272 Å². The third-order valence-electron chi connectivity index (χ3n) is 7.33. The standard InChI is InChI=1S/C31H42N8O8/c32-20-47-17-16-46-15-14-45-13-12-34-27(41)18-36-28-23-19-39(25-8-9-26(40)38-29(25)42)30(43)22(23)6-7-24(28)33-10-11-35-31(44)37-21-4-2-1-3-5-21/h1-7,25,33,36H,8-20,32H2,(H,34,41)(H2,35,37,44)(H,38,40,42). The van der Waals surface area contributed by atoms with E-state index in [9.17, 15) is 24.0 Å². The van der Waals surface area contributed by atoms with Gasteiger partial charge in [0.1, 0.15) is 6.04 Å². The van der Waals surface area contributed by atoms with Gasteiger partial charge < -0.3 is 51.4 Å². The van der Waals surface area contributed by atoms with Gasteiger partial charge >= 0.3 is 6.03 Å². The molecule has 2 aromatic carbocycles. The van der Waals surface area contributed by atoms with Crippen LogP contribution in [0.15, 0.2) is 42.5 Å². The van der Waals surface area contributed by atoms with Crippen molar-refractivity contribution in [1.29, 1.82) is 0 Å². The maximum Gasteiger partial charge on any atom is 0.319 e. The molecule has 254 valence electrons. The fraction of sp³-hybridized carbons (Fsp3) is 0.452. The largest absolute Gasteiger partial charge is 0.382 e. The van der Waals surface area contributed by atoms with E-state index in [4.69, 9.17) is 19.9 Å². The van der Waals surface area contributed by atoms with E-state index in [2.05, 4.69) is 31.9 Å². The molecule has 0 bridgehead atoms. The van der Waals surface area contributed by atoms with Gasteiger partial charge in [-0.3, -0.25) is 24.5 Å². The molecule has 0 saturated carbocycles. The number of carbonyl (C=O) groups excluding carboxylic acids is 5. The van der Waals surface area contributed by atoms with Crippen LogP contribution in [0.2, 0.25) is 0 Å². The summed E-state index contributed by atoms with van der Waals surface area (Å²) in [5, 5.41) is 17.0. The number of imide groups is 1. The first-order valence-electron chi connectivity index (χ1n) is 15.5. The van der Waals surface area contributed by atoms with Crippen molar-refractivity contribution in [2.24, 2.45) is 5.73 Å². The molecule has 8 N–H and O–H groups in total. The zero-order valence-electron chi connectivity index (χ0n) is 26.1. The molecule has 0 spiro atoms. The number of hydrogen-bond acceptors (Lipinski definition) is 11. The Morgan fingerprint density at radius 2 is 1.62 bits per heavy atom. The highest BCUT2D eigenvalue weighted by molar-refractivity contribution is 6.07. The predicted octanol–water partition coefficient (Wildman–Crippen LogP) is 0.175. The van der Waals surface area contributed by atoms with Crippen molar-refractivity contribution >= 4 is 46.7 Å². The zero-order chi connectivity index (χ0) is 33.4. The molecule has 16 nitrogen and oxygen atoms in total. The molecular formula is C31H42N8O8. The van der Waals surface area contributed by atoms with E-state index in [1.807, 2.05) is 18.2 Å². The number of anilines is 3. The lowest BCUT2D eigenvalue weighted by Crippen LogP contribution is -2.52. The number of para-hydroxylation sites is 1. The van der Waals surface area contributed by atoms with Gasteiger partial charge in [-0.1, -0.05) is 18.2 Å². The summed E-state index contributed by atoms with van der Waals surface area (Å²) >= 11 is 0. The molecule has 2 heterocycles. The van der Waals surface area contributed by atoms with Crippen LogP contribution in [-0.4, -0.2) is 107 Å². The van der Waals surface area contributed by atoms with Crippen molar-refractivity contribution in [3.8, 4) is 0 Å². The van der Waals surface area contributed by atoms with E-state index in [-0.39, 0.29) is 69.5 Å². The summed E-state index contributed by atoms with van der Waals surface area (Å²) in [6.45, 7) is 2.94. The Morgan fingerprint density at radius 3 is 2.36 bits per heavy atom. The molecule has 2 aliphatic heterocycles. The second-order valence-electron chi connectivity index (χ2n) is 10.6. The van der Waals surface area contributed by atoms with Crippen LogP contribution in [0.1, 0.15) is 28.8 Å². The SMILES string of the molecule is NCOCCOCCOCCNC(=O)CNc1c(NCCNC(=O)Nc2ccccc2)ccc2c1CN(C1CCC(=O)NC1=O)C2=O. The van der Waals surface area contributed by atoms with Gasteiger partial charge in [-0.25, -0.2) is 4.79 Å². The number of amides is 6. The van der Waals surface area contributed by atoms with Crippen molar-refractivity contribution in [2.45, 2.75) is 25.4 Å². The van der Waals surface area contributed by atoms with Gasteiger partial charge in [-0.05, 0) is 30.7 Å². The first-order valence-corrected chi connectivity index (χ1v) is 15.5. The van der Waals surface area contributed by atoms with Crippen LogP contribution in [-0.2, 0) is 35.1 Å². The quantitative estimate of drug-likeness (QED) is 0.0616. The van der Waals surface area contributed by atoms with Crippen molar-refractivity contribution < 1.29 is 38.2 Å². The van der Waals surface area contributed by atoms with Crippen LogP contribution < -0.4 is 37.6 Å². The van der Waals surface area contributed by atoms with Gasteiger partial charge in [0.15, 0.2) is 0 Å². The molecule has 2 aromatic rings. The van der Waals surface area contributed by atoms with Crippen molar-refractivity contribution in [3.63, 3.8) is 0 Å². The fourth-order valence-corrected chi connectivity index (χ4v) is 5.08. The Bertz CT molecular complexity index is 1390. The number of benzene rings is 2. The number of nitrogens with one attached hydrogen (secondary N) is 6. The summed E-state index contributed by atoms with van der Waals surface area (Å²) < 4.78 is 15.8. The highest BCUT2D eigenvalue weighted by Crippen LogP contribution is 2.37. The molecule has 0 aliphatic carbocycles. The second kappa shape index (κ2) is 18.4. The summed E-state index contributed by atoms with van der Waals surface area (Å²) in [7, 11) is 0. The van der Waals surface area contributed by atoms with Gasteiger partial charge in [0.05, 0.1) is 57.7 Å². The molecular weight excluding hydrogens is 612 g/mol. The van der Waals surface area contributed by atoms with Crippen molar-refractivity contribution in [1.82, 2.24) is 20.9 Å². The third kappa shape index (κ3) is 10.6. The monoisotopic (exact) mass is 654 g/mol. The highest BCUT2D eigenvalue weighted by atomic mass is 16.5. The van der Waals surface area contributed by atoms with Crippen molar-refractivity contribution in [2.75, 3.05) is 81.9 Å². The number of hydrogen-bond donors (Lipinski definition) is 7. The minimum Gasteiger partial charge on any atom is -0.382 e. The Kier molecular flexibility index (Phi) is 13.7. The summed E-state index contributed by atoms with van der Waals surface area (Å²) in [6, 6.07) is 11.3. The summed E-state index contributed by atoms with van der Waals surface area (Å²) in [5.74, 6) is -1.50. The van der Waals surface area contributed by atoms with Gasteiger partial charge in [-0.15, -0.1) is 0 Å². The second-order valence-corrected chi connectivity index (χ2v) is 10.6. The van der Waals surface area contributed by atoms with Gasteiger partial charge in [0.25, 0.3) is 5.91 Å². The van der Waals surface area contributed by atoms with Gasteiger partial charge in [-0.2, -0.15) is 0 Å². The van der Waals surface area contributed by atoms with E-state index in [1.165, 1.54) is 4.90 Å². The van der Waals surface area contributed by atoms with Crippen LogP contribution in [0, 0.1) is 0 Å². The van der Waals surface area contributed by atoms with Crippen LogP contribution in [0.25, 0.3) is 0 Å². The first kappa shape index (κ1) is 35.1. The van der Waals surface area contributed by atoms with E-state index < -0.39 is 11.9 Å². The molecule has 1 unspecified atom stereocenters. The predicted molar refractivity (Wildman–Crippen MR) is 173 cm³/mol. The summed E-state index contributed by atoms with van der Waals surface area (Å²) in [4.78, 5) is 64.0. The lowest BCUT2D eigenvalue weighted by atomic mass is 10.0. The Balaban J connectivity index is 1.32. The van der Waals surface area contributed by atoms with Gasteiger partial charge in [0.2, 0.25) is 17.7 Å². The number of nitrogens with zero attached hydrogens (tertiary/aromatic N) is 1. The van der Waals surface area contributed by atoms with Gasteiger partial charge in [0, 0.05) is 49.4 Å². The molecule has 0 radical (unpaired) electrons. The number of rotatable bonds is 19. The number of piperidine rings is 1. The van der Waals surface area contributed by atoms with Crippen molar-refractivity contribution in [3.05, 3.63) is 53.6 Å². The van der Waals surface area contributed by atoms with E-state index in [0.717, 1.165) is 0 Å². The van der Waals surface area contributed by atoms with E-state index in [0.29, 0.717) is 67.8 Å². The molecule has 16 heteroatoms. The van der Waals surface area contributed by atoms with E-state index in [1.54, 1.807) is 24.3 Å². The maximum absolute atomic E-state index is 13.4. The average molecular weight is 655 g/mol. The lowest BCUT2D eigenvalue weighted by Gasteiger charge is -2.29. The number of nitrogens with two attached hydrogens (primary N) is 1. The van der Waals surface area contributed by atoms with Crippen LogP contribution in [0.3, 0.4) is 0 Å². The molecule has 6 amide bonds. The molecule has 2 aliphatic rings. The number of urea groups is 1. The van der Waals surface area contributed by atoms with Crippen LogP contribution >= 0.6 is 0 Å². The van der Waals surface area contributed by atoms with Crippen LogP contribution in [0.4, 0.5) is 21.9 Å². The number of fused-ring (bicyclic) bond motifs is 1. The first-order chi connectivity index (χ1) is 22.9. The smallest absolute Gasteiger partial charge is 0.319 e. The normalized spacial score (nSPS) is 15.6. The highest BCUT2D eigenvalue weighted by Gasteiger charge is 2.40. The zero-order valence-corrected chi connectivity index (χ0v) is 26.1. The number of carbonyl (C=O) groups is 5. The summed E-state index contributed by atoms with van der Waals surface area (Å²) in [6.07, 6.45) is 0.369. The maximum atomic E-state index is 13.4. The average Bonchev–Trinajstić information content (AvgIpc) is 3.39. The molecule has 47 heavy (non-hydrogen) atoms. The summed E-state index contributed by atoms with van der Waals surface area (Å²) in [5.41, 5.74) is 8.06. The lowest BCUT2D eigenvalue weighted by molar-refractivity contribution is -0.137. The van der Waals surface area contributed by atoms with Crippen LogP contribution in [0.5, 0.6) is 0 Å². The molecule has 1 saturated heterocycles. The topological polar surface area (TPSA) is 214 Å². The fourth-order valence-electron chi connectivity index (χ4n) is 5.08. The minimum atomic E-state index is -0.780. The molecule has 1 atom stereocenters. The molecule has 4 rings (SSSR count). The molecule has 0 aromatic heterocycles. The Morgan fingerprint density at radius 1 is 0.872 bits per heavy atom. The Hall–Kier alpha value is -4.77. The number of ether oxygens (including phenoxy) is 3.